The number of hydrogen-bond acceptors (Lipinski definition) is 4. The van der Waals surface area contributed by atoms with E-state index in [2.05, 4.69) is 95.5 Å². The maximum absolute atomic E-state index is 2.58. The van der Waals surface area contributed by atoms with Gasteiger partial charge in [-0.3, -0.25) is 0 Å². The average molecular weight is 346 g/mol. The summed E-state index contributed by atoms with van der Waals surface area (Å²) in [4.78, 5) is 10.3. The third kappa shape index (κ3) is 2.31. The molecule has 0 fully saturated rings. The van der Waals surface area contributed by atoms with Crippen molar-refractivity contribution >= 4 is 36.5 Å². The van der Waals surface area contributed by atoms with Crippen molar-refractivity contribution < 1.29 is 0 Å². The van der Waals surface area contributed by atoms with Gasteiger partial charge in [0.15, 0.2) is 0 Å². The van der Waals surface area contributed by atoms with Crippen LogP contribution in [0.25, 0.3) is 0 Å². The maximum Gasteiger partial charge on any atom is 0.391 e. The number of rotatable bonds is 5. The lowest BCUT2D eigenvalue weighted by Gasteiger charge is -2.38. The second kappa shape index (κ2) is 6.82. The molecule has 0 saturated carbocycles. The molecule has 26 heavy (non-hydrogen) atoms. The third-order valence-electron chi connectivity index (χ3n) is 5.91. The molecule has 2 aliphatic rings. The van der Waals surface area contributed by atoms with Crippen LogP contribution in [0.3, 0.4) is 0 Å². The monoisotopic (exact) mass is 346 g/mol. The van der Waals surface area contributed by atoms with E-state index < -0.39 is 0 Å². The zero-order valence-electron chi connectivity index (χ0n) is 16.4. The maximum atomic E-state index is 2.58. The molecule has 0 spiro atoms. The molecule has 0 aliphatic carbocycles. The Balaban J connectivity index is 1.83. The first-order chi connectivity index (χ1) is 12.8. The Morgan fingerprint density at radius 2 is 0.731 bits per heavy atom. The van der Waals surface area contributed by atoms with Crippen LogP contribution in [0.4, 0.5) is 22.7 Å². The molecule has 2 aliphatic heterocycles. The lowest BCUT2D eigenvalue weighted by atomic mass is 9.31. The number of benzene rings is 2. The standard InChI is InChI=1S/C20H28B2N4/c1-5-23-17-13-9-10-14-18(17)24(6-2)21(23)22-25(7-3)19-15-11-12-16-20(19)26(22)8-4/h9-16H,5-8H2,1-4H3. The fourth-order valence-electron chi connectivity index (χ4n) is 4.88. The van der Waals surface area contributed by atoms with Crippen LogP contribution >= 0.6 is 0 Å². The van der Waals surface area contributed by atoms with Gasteiger partial charge < -0.3 is 19.2 Å². The van der Waals surface area contributed by atoms with Crippen molar-refractivity contribution in [1.29, 1.82) is 0 Å². The first-order valence-electron chi connectivity index (χ1n) is 10.0. The van der Waals surface area contributed by atoms with E-state index in [9.17, 15) is 0 Å². The minimum Gasteiger partial charge on any atom is -0.398 e. The third-order valence-corrected chi connectivity index (χ3v) is 5.91. The van der Waals surface area contributed by atoms with E-state index >= 15 is 0 Å². The highest BCUT2D eigenvalue weighted by molar-refractivity contribution is 7.29. The molecule has 4 rings (SSSR count). The lowest BCUT2D eigenvalue weighted by molar-refractivity contribution is 1.04. The van der Waals surface area contributed by atoms with Crippen molar-refractivity contribution in [3.63, 3.8) is 0 Å². The predicted molar refractivity (Wildman–Crippen MR) is 116 cm³/mol. The largest absolute Gasteiger partial charge is 0.398 e. The van der Waals surface area contributed by atoms with Gasteiger partial charge in [-0.1, -0.05) is 24.3 Å². The zero-order valence-corrected chi connectivity index (χ0v) is 16.4. The van der Waals surface area contributed by atoms with Crippen molar-refractivity contribution in [3.05, 3.63) is 48.5 Å². The molecular weight excluding hydrogens is 318 g/mol. The molecule has 6 heteroatoms. The molecule has 2 heterocycles. The summed E-state index contributed by atoms with van der Waals surface area (Å²) < 4.78 is 0. The summed E-state index contributed by atoms with van der Waals surface area (Å²) in [6, 6.07) is 17.7. The predicted octanol–water partition coefficient (Wildman–Crippen LogP) is 3.77. The van der Waals surface area contributed by atoms with E-state index in [-0.39, 0.29) is 0 Å². The van der Waals surface area contributed by atoms with Crippen molar-refractivity contribution in [2.45, 2.75) is 27.7 Å². The van der Waals surface area contributed by atoms with E-state index in [1.165, 1.54) is 22.7 Å². The van der Waals surface area contributed by atoms with Crippen molar-refractivity contribution in [2.75, 3.05) is 45.4 Å². The first kappa shape index (κ1) is 17.2. The highest BCUT2D eigenvalue weighted by Gasteiger charge is 2.55. The van der Waals surface area contributed by atoms with Crippen LogP contribution in [0.5, 0.6) is 0 Å². The molecule has 2 aromatic carbocycles. The number of nitrogens with zero attached hydrogens (tertiary/aromatic N) is 4. The highest BCUT2D eigenvalue weighted by atomic mass is 15.4. The molecule has 134 valence electrons. The second-order valence-corrected chi connectivity index (χ2v) is 6.95. The van der Waals surface area contributed by atoms with E-state index in [0.29, 0.717) is 13.7 Å². The Labute approximate surface area is 158 Å². The average Bonchev–Trinajstić information content (AvgIpc) is 3.18. The van der Waals surface area contributed by atoms with Gasteiger partial charge >= 0.3 is 13.7 Å². The highest BCUT2D eigenvalue weighted by Crippen LogP contribution is 2.44. The molecule has 0 unspecified atom stereocenters. The zero-order chi connectivity index (χ0) is 18.3. The Kier molecular flexibility index (Phi) is 4.51. The Hall–Kier alpha value is -2.23. The summed E-state index contributed by atoms with van der Waals surface area (Å²) in [5, 5.41) is 0. The second-order valence-electron chi connectivity index (χ2n) is 6.95. The SMILES string of the molecule is CCN1B(B2N(CC)c3ccccc3N2CC)N(CC)c2ccccc21. The van der Waals surface area contributed by atoms with E-state index in [1.807, 2.05) is 0 Å². The van der Waals surface area contributed by atoms with Crippen LogP contribution in [0.15, 0.2) is 48.5 Å². The molecule has 0 bridgehead atoms. The molecule has 0 saturated heterocycles. The molecular formula is C20H28B2N4. The normalized spacial score (nSPS) is 15.8. The van der Waals surface area contributed by atoms with Crippen LogP contribution in [0, 0.1) is 0 Å². The van der Waals surface area contributed by atoms with E-state index in [0.717, 1.165) is 26.2 Å². The summed E-state index contributed by atoms with van der Waals surface area (Å²) in [5.41, 5.74) is 5.46. The van der Waals surface area contributed by atoms with Crippen molar-refractivity contribution in [1.82, 2.24) is 0 Å². The number of para-hydroxylation sites is 4. The Bertz CT molecular complexity index is 656. The Morgan fingerprint density at radius 3 is 0.923 bits per heavy atom. The van der Waals surface area contributed by atoms with Crippen molar-refractivity contribution in [3.8, 4) is 0 Å². The fourth-order valence-corrected chi connectivity index (χ4v) is 4.88. The minimum absolute atomic E-state index is 0.315. The molecule has 2 aromatic rings. The van der Waals surface area contributed by atoms with E-state index in [1.54, 1.807) is 0 Å². The fraction of sp³-hybridized carbons (Fsp3) is 0.400. The summed E-state index contributed by atoms with van der Waals surface area (Å²) in [7, 11) is 0. The summed E-state index contributed by atoms with van der Waals surface area (Å²) in [5.74, 6) is 0. The summed E-state index contributed by atoms with van der Waals surface area (Å²) in [6.45, 7) is 13.8. The molecule has 4 nitrogen and oxygen atoms in total. The van der Waals surface area contributed by atoms with Crippen LogP contribution in [0.1, 0.15) is 27.7 Å². The molecule has 0 radical (unpaired) electrons. The van der Waals surface area contributed by atoms with Gasteiger partial charge in [0, 0.05) is 48.9 Å². The number of anilines is 4. The molecule has 0 N–H and O–H groups in total. The van der Waals surface area contributed by atoms with Crippen LogP contribution in [-0.4, -0.2) is 39.9 Å². The topological polar surface area (TPSA) is 13.0 Å². The van der Waals surface area contributed by atoms with Gasteiger partial charge in [-0.25, -0.2) is 0 Å². The van der Waals surface area contributed by atoms with Crippen LogP contribution in [-0.2, 0) is 0 Å². The van der Waals surface area contributed by atoms with Gasteiger partial charge in [0.25, 0.3) is 0 Å². The number of fused-ring (bicyclic) bond motifs is 2. The molecule has 0 atom stereocenters. The van der Waals surface area contributed by atoms with Gasteiger partial charge in [0.1, 0.15) is 0 Å². The van der Waals surface area contributed by atoms with Crippen LogP contribution in [0.2, 0.25) is 0 Å². The lowest BCUT2D eigenvalue weighted by Crippen LogP contribution is -2.70. The van der Waals surface area contributed by atoms with Gasteiger partial charge in [0.05, 0.1) is 0 Å². The molecule has 0 aromatic heterocycles. The first-order valence-corrected chi connectivity index (χ1v) is 10.0. The summed E-state index contributed by atoms with van der Waals surface area (Å²) >= 11 is 0. The smallest absolute Gasteiger partial charge is 0.391 e. The quantitative estimate of drug-likeness (QED) is 0.764. The van der Waals surface area contributed by atoms with Gasteiger partial charge in [-0.15, -0.1) is 0 Å². The van der Waals surface area contributed by atoms with Gasteiger partial charge in [0.2, 0.25) is 0 Å². The van der Waals surface area contributed by atoms with Gasteiger partial charge in [-0.2, -0.15) is 0 Å². The van der Waals surface area contributed by atoms with Crippen molar-refractivity contribution in [2.24, 2.45) is 0 Å². The minimum atomic E-state index is 0.315. The van der Waals surface area contributed by atoms with Crippen LogP contribution < -0.4 is 19.2 Å². The number of hydrogen-bond donors (Lipinski definition) is 0. The van der Waals surface area contributed by atoms with E-state index in [4.69, 9.17) is 0 Å². The molecule has 0 amide bonds. The summed E-state index contributed by atoms with van der Waals surface area (Å²) in [6.07, 6.45) is 0. The van der Waals surface area contributed by atoms with Gasteiger partial charge in [-0.05, 0) is 52.0 Å². The Morgan fingerprint density at radius 1 is 0.500 bits per heavy atom.